The van der Waals surface area contributed by atoms with Gasteiger partial charge in [-0.1, -0.05) is 0 Å². The first kappa shape index (κ1) is 40.9. The van der Waals surface area contributed by atoms with E-state index in [9.17, 15) is 19.2 Å². The first-order valence-electron chi connectivity index (χ1n) is 20.1. The minimum absolute atomic E-state index is 0.119. The summed E-state index contributed by atoms with van der Waals surface area (Å²) in [5.41, 5.74) is 0. The highest BCUT2D eigenvalue weighted by Gasteiger charge is 2.41. The molecule has 0 aromatic rings. The first-order chi connectivity index (χ1) is 24.7. The molecule has 12 nitrogen and oxygen atoms in total. The number of carbonyl (C=O) groups is 4. The summed E-state index contributed by atoms with van der Waals surface area (Å²) in [7, 11) is 0. The summed E-state index contributed by atoms with van der Waals surface area (Å²) < 4.78 is 48.4. The molecule has 16 atom stereocenters. The van der Waals surface area contributed by atoms with Crippen LogP contribution >= 0.6 is 0 Å². The van der Waals surface area contributed by atoms with Crippen LogP contribution in [0.15, 0.2) is 0 Å². The van der Waals surface area contributed by atoms with Gasteiger partial charge in [0.25, 0.3) is 0 Å². The fourth-order valence-electron chi connectivity index (χ4n) is 8.60. The lowest BCUT2D eigenvalue weighted by Crippen LogP contribution is -2.34. The van der Waals surface area contributed by atoms with Crippen molar-refractivity contribution in [2.24, 2.45) is 23.7 Å². The molecule has 0 aromatic heterocycles. The predicted octanol–water partition coefficient (Wildman–Crippen LogP) is 6.02. The van der Waals surface area contributed by atoms with E-state index in [1.54, 1.807) is 0 Å². The van der Waals surface area contributed by atoms with E-state index in [0.29, 0.717) is 25.7 Å². The average Bonchev–Trinajstić information content (AvgIpc) is 3.91. The van der Waals surface area contributed by atoms with Crippen LogP contribution in [-0.2, 0) is 57.1 Å². The molecule has 0 radical (unpaired) electrons. The Morgan fingerprint density at radius 1 is 0.327 bits per heavy atom. The van der Waals surface area contributed by atoms with E-state index in [2.05, 4.69) is 0 Å². The summed E-state index contributed by atoms with van der Waals surface area (Å²) >= 11 is 0. The summed E-state index contributed by atoms with van der Waals surface area (Å²) in [4.78, 5) is 52.4. The second-order valence-electron chi connectivity index (χ2n) is 16.6. The molecule has 5 saturated heterocycles. The molecule has 0 unspecified atom stereocenters. The van der Waals surface area contributed by atoms with E-state index in [1.165, 1.54) is 0 Å². The van der Waals surface area contributed by atoms with Crippen molar-refractivity contribution < 1.29 is 57.1 Å². The van der Waals surface area contributed by atoms with Gasteiger partial charge in [-0.25, -0.2) is 0 Å². The van der Waals surface area contributed by atoms with Gasteiger partial charge < -0.3 is 37.9 Å². The Hall–Kier alpha value is -2.28. The van der Waals surface area contributed by atoms with Crippen LogP contribution in [0, 0.1) is 23.7 Å². The van der Waals surface area contributed by atoms with Gasteiger partial charge in [-0.15, -0.1) is 0 Å². The van der Waals surface area contributed by atoms with Gasteiger partial charge in [0.05, 0.1) is 72.5 Å². The molecule has 5 aliphatic heterocycles. The van der Waals surface area contributed by atoms with Crippen LogP contribution in [-0.4, -0.2) is 97.1 Å². The van der Waals surface area contributed by atoms with E-state index in [4.69, 9.17) is 37.9 Å². The summed E-state index contributed by atoms with van der Waals surface area (Å²) in [6.07, 6.45) is 5.22. The zero-order valence-corrected chi connectivity index (χ0v) is 32.6. The molecule has 5 rings (SSSR count). The maximum Gasteiger partial charge on any atom is 0.311 e. The molecule has 5 aliphatic rings. The van der Waals surface area contributed by atoms with Crippen molar-refractivity contribution in [3.05, 3.63) is 0 Å². The SMILES string of the molecule is C[C@@H]1C[C@H]2CC[C@@H](O2)[C@H](C)C(=O)O[C@@H](C)C[C@H]2CC[C@@H](O2)[C@@H](C)C(=O)O[C@H](C)C[C@@H]2CC[C@H](O2)[C@H](C)C(=O)O[C@@H](C)C[C@@H]2CC[C@H](O2)[C@@H](C)C(=O)O1. The summed E-state index contributed by atoms with van der Waals surface area (Å²) in [5.74, 6) is -2.93. The zero-order chi connectivity index (χ0) is 37.7. The van der Waals surface area contributed by atoms with Crippen molar-refractivity contribution in [1.82, 2.24) is 0 Å². The molecule has 5 fully saturated rings. The highest BCUT2D eigenvalue weighted by atomic mass is 16.6. The van der Waals surface area contributed by atoms with Crippen LogP contribution in [0.3, 0.4) is 0 Å². The van der Waals surface area contributed by atoms with Crippen LogP contribution in [0.1, 0.15) is 132 Å². The third-order valence-corrected chi connectivity index (χ3v) is 11.9. The Bertz CT molecular complexity index is 1040. The molecule has 0 spiro atoms. The monoisotopic (exact) mass is 736 g/mol. The maximum absolute atomic E-state index is 13.1. The Kier molecular flexibility index (Phi) is 14.4. The van der Waals surface area contributed by atoms with Gasteiger partial charge in [0.1, 0.15) is 24.4 Å². The number of esters is 4. The van der Waals surface area contributed by atoms with Crippen molar-refractivity contribution in [2.45, 2.75) is 206 Å². The van der Waals surface area contributed by atoms with E-state index in [-0.39, 0.29) is 97.1 Å². The first-order valence-corrected chi connectivity index (χ1v) is 20.1. The largest absolute Gasteiger partial charge is 0.462 e. The lowest BCUT2D eigenvalue weighted by atomic mass is 10.00. The van der Waals surface area contributed by atoms with Crippen molar-refractivity contribution in [1.29, 1.82) is 0 Å². The number of rotatable bonds is 0. The predicted molar refractivity (Wildman–Crippen MR) is 189 cm³/mol. The van der Waals surface area contributed by atoms with E-state index < -0.39 is 23.7 Å². The second kappa shape index (κ2) is 18.4. The third-order valence-electron chi connectivity index (χ3n) is 11.9. The van der Waals surface area contributed by atoms with Crippen molar-refractivity contribution in [2.75, 3.05) is 0 Å². The van der Waals surface area contributed by atoms with Crippen LogP contribution < -0.4 is 0 Å². The zero-order valence-electron chi connectivity index (χ0n) is 32.6. The molecule has 0 amide bonds. The molecular weight excluding hydrogens is 672 g/mol. The molecule has 8 bridgehead atoms. The molecule has 5 heterocycles. The van der Waals surface area contributed by atoms with Crippen molar-refractivity contribution >= 4 is 23.9 Å². The van der Waals surface area contributed by atoms with Crippen LogP contribution in [0.4, 0.5) is 0 Å². The standard InChI is InChI=1S/C40H64O12/c1-21-17-29-9-13-34(49-29)26(6)38(42)46-23(3)19-31-11-15-36(51-31)28(8)40(44)48-24(4)20-32-12-16-35(52-32)27(7)39(43)47-22(2)18-30-10-14-33(50-30)25(5)37(41)45-21/h21-36H,9-20H2,1-8H3/t21-,22+,23+,24-,25-,26+,27+,28-,29-,30-,31+,32+,33-,34-,35+,36+/m0/s1. The van der Waals surface area contributed by atoms with Gasteiger partial charge in [0.2, 0.25) is 0 Å². The Morgan fingerprint density at radius 2 is 0.519 bits per heavy atom. The van der Waals surface area contributed by atoms with Gasteiger partial charge in [0, 0.05) is 25.7 Å². The summed E-state index contributed by atoms with van der Waals surface area (Å²) in [6.45, 7) is 14.9. The highest BCUT2D eigenvalue weighted by Crippen LogP contribution is 2.34. The van der Waals surface area contributed by atoms with Crippen molar-refractivity contribution in [3.8, 4) is 0 Å². The highest BCUT2D eigenvalue weighted by molar-refractivity contribution is 5.74. The summed E-state index contributed by atoms with van der Waals surface area (Å²) in [5, 5.41) is 0. The van der Waals surface area contributed by atoms with Gasteiger partial charge in [0.15, 0.2) is 0 Å². The average molecular weight is 737 g/mol. The topological polar surface area (TPSA) is 142 Å². The number of hydrogen-bond donors (Lipinski definition) is 0. The smallest absolute Gasteiger partial charge is 0.311 e. The number of hydrogen-bond acceptors (Lipinski definition) is 12. The molecule has 0 aromatic carbocycles. The molecule has 0 aliphatic carbocycles. The minimum Gasteiger partial charge on any atom is -0.462 e. The lowest BCUT2D eigenvalue weighted by molar-refractivity contribution is -0.161. The minimum atomic E-state index is -0.434. The second-order valence-corrected chi connectivity index (χ2v) is 16.6. The quantitative estimate of drug-likeness (QED) is 0.212. The molecule has 0 saturated carbocycles. The van der Waals surface area contributed by atoms with Gasteiger partial charge in [-0.2, -0.15) is 0 Å². The normalized spacial score (nSPS) is 45.2. The van der Waals surface area contributed by atoms with Crippen molar-refractivity contribution in [3.63, 3.8) is 0 Å². The van der Waals surface area contributed by atoms with Crippen LogP contribution in [0.2, 0.25) is 0 Å². The molecule has 52 heavy (non-hydrogen) atoms. The Morgan fingerprint density at radius 3 is 0.712 bits per heavy atom. The number of fused-ring (bicyclic) bond motifs is 8. The lowest BCUT2D eigenvalue weighted by Gasteiger charge is -2.26. The van der Waals surface area contributed by atoms with E-state index >= 15 is 0 Å². The van der Waals surface area contributed by atoms with Gasteiger partial charge in [-0.3, -0.25) is 19.2 Å². The molecule has 0 N–H and O–H groups in total. The van der Waals surface area contributed by atoms with Crippen LogP contribution in [0.25, 0.3) is 0 Å². The van der Waals surface area contributed by atoms with E-state index in [0.717, 1.165) is 51.4 Å². The Labute approximate surface area is 309 Å². The maximum atomic E-state index is 13.1. The third kappa shape index (κ3) is 10.9. The van der Waals surface area contributed by atoms with E-state index in [1.807, 2.05) is 55.4 Å². The van der Waals surface area contributed by atoms with Gasteiger partial charge in [-0.05, 0) is 107 Å². The number of cyclic esters (lactones) is 4. The number of ether oxygens (including phenoxy) is 8. The number of carbonyl (C=O) groups excluding carboxylic acids is 4. The summed E-state index contributed by atoms with van der Waals surface area (Å²) in [6, 6.07) is 0. The Balaban J connectivity index is 1.19. The fourth-order valence-corrected chi connectivity index (χ4v) is 8.60. The fraction of sp³-hybridized carbons (Fsp3) is 0.900. The van der Waals surface area contributed by atoms with Gasteiger partial charge >= 0.3 is 23.9 Å². The molecular formula is C40H64O12. The van der Waals surface area contributed by atoms with Crippen LogP contribution in [0.5, 0.6) is 0 Å². The molecule has 12 heteroatoms. The molecule has 296 valence electrons.